The molecule has 0 aromatic heterocycles. The molecule has 2 heterocycles. The van der Waals surface area contributed by atoms with Crippen molar-refractivity contribution in [3.05, 3.63) is 0 Å². The van der Waals surface area contributed by atoms with Crippen LogP contribution in [0.2, 0.25) is 0 Å². The minimum Gasteiger partial charge on any atom is -0.459 e. The molecule has 7 nitrogen and oxygen atoms in total. The summed E-state index contributed by atoms with van der Waals surface area (Å²) in [5.41, 5.74) is -0.925. The number of hydrogen-bond donors (Lipinski definition) is 2. The molecule has 2 N–H and O–H groups in total. The van der Waals surface area contributed by atoms with Crippen molar-refractivity contribution in [3.8, 4) is 0 Å². The van der Waals surface area contributed by atoms with E-state index < -0.39 is 11.7 Å². The predicted molar refractivity (Wildman–Crippen MR) is 137 cm³/mol. The Morgan fingerprint density at radius 3 is 2.74 bits per heavy atom. The summed E-state index contributed by atoms with van der Waals surface area (Å²) in [7, 11) is 4.15. The van der Waals surface area contributed by atoms with Crippen LogP contribution in [0, 0.1) is 17.3 Å². The van der Waals surface area contributed by atoms with Crippen LogP contribution in [0.5, 0.6) is 0 Å². The van der Waals surface area contributed by atoms with Crippen molar-refractivity contribution < 1.29 is 24.1 Å². The Morgan fingerprint density at radius 2 is 2.06 bits per heavy atom. The van der Waals surface area contributed by atoms with E-state index in [-0.39, 0.29) is 41.3 Å². The van der Waals surface area contributed by atoms with Gasteiger partial charge in [-0.05, 0) is 97.2 Å². The molecule has 2 bridgehead atoms. The number of ether oxygens (including phenoxy) is 3. The standard InChI is InChI=1S/C27H46N2O5S/c1-25(2,3)34-24(31)18(10-14-35-6)28-17-9-11-27(32-5)20-15-16-7-8-19(30)22-21(16)26(27,23(17)33-22)12-13-29(20)4/h16-23,28,30H,7-15H2,1-6H3/t16?,17?,18-,19?,20?,21?,22?,23-,26-,27+/m0/s1. The molecule has 0 aromatic carbocycles. The third kappa shape index (κ3) is 4.00. The second kappa shape index (κ2) is 9.42. The van der Waals surface area contributed by atoms with Gasteiger partial charge in [0.1, 0.15) is 11.6 Å². The van der Waals surface area contributed by atoms with Gasteiger partial charge in [-0.15, -0.1) is 0 Å². The SMILES string of the molecule is CO[C@]12CCC(N[C@@H](CCSC)C(=O)OC(C)(C)C)[C@@H]3OC4C(O)CCC5CC1N(C)CC[C@]32C54. The first-order valence-electron chi connectivity index (χ1n) is 13.6. The number of thioether (sulfide) groups is 1. The van der Waals surface area contributed by atoms with E-state index >= 15 is 0 Å². The van der Waals surface area contributed by atoms with E-state index in [1.165, 1.54) is 0 Å². The molecular formula is C27H46N2O5S. The molecular weight excluding hydrogens is 464 g/mol. The summed E-state index contributed by atoms with van der Waals surface area (Å²) in [5.74, 6) is 1.59. The first-order valence-corrected chi connectivity index (χ1v) is 15.0. The van der Waals surface area contributed by atoms with Gasteiger partial charge in [0.15, 0.2) is 0 Å². The predicted octanol–water partition coefficient (Wildman–Crippen LogP) is 2.84. The number of carbonyl (C=O) groups excluding carboxylic acids is 1. The number of likely N-dealkylation sites (tertiary alicyclic amines) is 1. The third-order valence-electron chi connectivity index (χ3n) is 10.0. The van der Waals surface area contributed by atoms with Crippen molar-refractivity contribution in [2.45, 2.75) is 113 Å². The van der Waals surface area contributed by atoms with Gasteiger partial charge in [-0.25, -0.2) is 0 Å². The average molecular weight is 511 g/mol. The molecule has 200 valence electrons. The molecule has 3 saturated carbocycles. The van der Waals surface area contributed by atoms with E-state index in [1.54, 1.807) is 11.8 Å². The van der Waals surface area contributed by atoms with E-state index in [9.17, 15) is 9.90 Å². The van der Waals surface area contributed by atoms with Crippen molar-refractivity contribution in [3.63, 3.8) is 0 Å². The summed E-state index contributed by atoms with van der Waals surface area (Å²) in [4.78, 5) is 15.8. The molecule has 10 atom stereocenters. The lowest BCUT2D eigenvalue weighted by molar-refractivity contribution is -0.269. The number of nitrogens with one attached hydrogen (secondary N) is 1. The van der Waals surface area contributed by atoms with Crippen LogP contribution in [0.25, 0.3) is 0 Å². The van der Waals surface area contributed by atoms with Crippen LogP contribution in [0.1, 0.15) is 65.7 Å². The molecule has 2 saturated heterocycles. The van der Waals surface area contributed by atoms with Crippen LogP contribution in [-0.4, -0.2) is 96.3 Å². The highest BCUT2D eigenvalue weighted by Gasteiger charge is 2.78. The maximum absolute atomic E-state index is 13.2. The Kier molecular flexibility index (Phi) is 7.06. The Labute approximate surface area is 215 Å². The number of aliphatic hydroxyl groups excluding tert-OH is 1. The molecule has 1 spiro atoms. The number of aliphatic hydroxyl groups is 1. The van der Waals surface area contributed by atoms with Gasteiger partial charge in [0.25, 0.3) is 0 Å². The first-order chi connectivity index (χ1) is 16.6. The molecule has 3 aliphatic carbocycles. The molecule has 0 aromatic rings. The van der Waals surface area contributed by atoms with Gasteiger partial charge in [0, 0.05) is 30.5 Å². The van der Waals surface area contributed by atoms with Crippen molar-refractivity contribution in [1.82, 2.24) is 10.2 Å². The smallest absolute Gasteiger partial charge is 0.323 e. The number of carbonyl (C=O) groups is 1. The van der Waals surface area contributed by atoms with E-state index in [0.717, 1.165) is 57.2 Å². The zero-order valence-corrected chi connectivity index (χ0v) is 23.2. The highest BCUT2D eigenvalue weighted by atomic mass is 32.2. The van der Waals surface area contributed by atoms with Crippen LogP contribution in [-0.2, 0) is 19.0 Å². The number of nitrogens with zero attached hydrogens (tertiary/aromatic N) is 1. The number of esters is 1. The maximum Gasteiger partial charge on any atom is 0.323 e. The first kappa shape index (κ1) is 26.2. The molecule has 5 rings (SSSR count). The summed E-state index contributed by atoms with van der Waals surface area (Å²) in [5, 5.41) is 14.8. The lowest BCUT2D eigenvalue weighted by atomic mass is 9.42. The fourth-order valence-corrected chi connectivity index (χ4v) is 9.34. The topological polar surface area (TPSA) is 80.3 Å². The summed E-state index contributed by atoms with van der Waals surface area (Å²) < 4.78 is 19.4. The minimum absolute atomic E-state index is 0.0401. The number of methoxy groups -OCH3 is 1. The summed E-state index contributed by atoms with van der Waals surface area (Å²) in [6, 6.07) is 0.0515. The quantitative estimate of drug-likeness (QED) is 0.506. The second-order valence-electron chi connectivity index (χ2n) is 12.7. The Bertz CT molecular complexity index is 807. The molecule has 6 unspecified atom stereocenters. The van der Waals surface area contributed by atoms with Gasteiger partial charge >= 0.3 is 5.97 Å². The summed E-state index contributed by atoms with van der Waals surface area (Å²) >= 11 is 1.75. The van der Waals surface area contributed by atoms with E-state index in [0.29, 0.717) is 17.9 Å². The minimum atomic E-state index is -0.520. The van der Waals surface area contributed by atoms with E-state index in [1.807, 2.05) is 27.9 Å². The van der Waals surface area contributed by atoms with Gasteiger partial charge in [-0.2, -0.15) is 11.8 Å². The highest BCUT2D eigenvalue weighted by Crippen LogP contribution is 2.70. The van der Waals surface area contributed by atoms with Crippen LogP contribution in [0.3, 0.4) is 0 Å². The van der Waals surface area contributed by atoms with Crippen LogP contribution < -0.4 is 5.32 Å². The van der Waals surface area contributed by atoms with Gasteiger partial charge in [0.2, 0.25) is 0 Å². The normalized spacial score (nSPS) is 45.6. The average Bonchev–Trinajstić information content (AvgIpc) is 3.16. The molecule has 0 radical (unpaired) electrons. The highest BCUT2D eigenvalue weighted by molar-refractivity contribution is 7.98. The van der Waals surface area contributed by atoms with Crippen LogP contribution in [0.4, 0.5) is 0 Å². The largest absolute Gasteiger partial charge is 0.459 e. The zero-order valence-electron chi connectivity index (χ0n) is 22.4. The number of piperidine rings is 1. The lowest BCUT2D eigenvalue weighted by Crippen LogP contribution is -2.78. The lowest BCUT2D eigenvalue weighted by Gasteiger charge is -2.69. The third-order valence-corrected chi connectivity index (χ3v) is 10.7. The fourth-order valence-electron chi connectivity index (χ4n) is 8.86. The number of rotatable bonds is 7. The van der Waals surface area contributed by atoms with Crippen LogP contribution >= 0.6 is 11.8 Å². The fraction of sp³-hybridized carbons (Fsp3) is 0.963. The second-order valence-corrected chi connectivity index (χ2v) is 13.7. The van der Waals surface area contributed by atoms with Gasteiger partial charge in [0.05, 0.1) is 23.9 Å². The van der Waals surface area contributed by atoms with Crippen molar-refractivity contribution >= 4 is 17.7 Å². The van der Waals surface area contributed by atoms with Crippen LogP contribution in [0.15, 0.2) is 0 Å². The van der Waals surface area contributed by atoms with Gasteiger partial charge in [-0.3, -0.25) is 10.1 Å². The van der Waals surface area contributed by atoms with E-state index in [4.69, 9.17) is 14.2 Å². The van der Waals surface area contributed by atoms with Crippen molar-refractivity contribution in [1.29, 1.82) is 0 Å². The Balaban J connectivity index is 1.49. The molecule has 5 fully saturated rings. The van der Waals surface area contributed by atoms with Crippen molar-refractivity contribution in [2.24, 2.45) is 17.3 Å². The van der Waals surface area contributed by atoms with Gasteiger partial charge in [-0.1, -0.05) is 0 Å². The zero-order chi connectivity index (χ0) is 25.2. The number of hydrogen-bond acceptors (Lipinski definition) is 8. The van der Waals surface area contributed by atoms with Gasteiger partial charge < -0.3 is 24.2 Å². The maximum atomic E-state index is 13.2. The molecule has 5 aliphatic rings. The molecule has 8 heteroatoms. The molecule has 35 heavy (non-hydrogen) atoms. The molecule has 2 aliphatic heterocycles. The molecule has 0 amide bonds. The number of likely N-dealkylation sites (N-methyl/N-ethyl adjacent to an activating group) is 1. The monoisotopic (exact) mass is 510 g/mol. The summed E-state index contributed by atoms with van der Waals surface area (Å²) in [6.07, 6.45) is 8.05. The Morgan fingerprint density at radius 1 is 1.29 bits per heavy atom. The summed E-state index contributed by atoms with van der Waals surface area (Å²) in [6.45, 7) is 6.80. The Hall–Kier alpha value is -0.380. The van der Waals surface area contributed by atoms with Crippen molar-refractivity contribution in [2.75, 3.05) is 32.7 Å². The van der Waals surface area contributed by atoms with E-state index in [2.05, 4.69) is 23.5 Å².